The molecule has 0 saturated carbocycles. The molecule has 1 saturated heterocycles. The van der Waals surface area contributed by atoms with Gasteiger partial charge in [-0.1, -0.05) is 12.1 Å². The number of nitrogens with zero attached hydrogens (tertiary/aromatic N) is 4. The molecule has 3 N–H and O–H groups in total. The van der Waals surface area contributed by atoms with E-state index in [0.717, 1.165) is 5.56 Å². The predicted octanol–water partition coefficient (Wildman–Crippen LogP) is 0.595. The Morgan fingerprint density at radius 2 is 2.13 bits per heavy atom. The third-order valence-corrected chi connectivity index (χ3v) is 5.28. The van der Waals surface area contributed by atoms with Gasteiger partial charge in [-0.05, 0) is 18.4 Å². The summed E-state index contributed by atoms with van der Waals surface area (Å²) in [4.78, 5) is 32.0. The van der Waals surface area contributed by atoms with Crippen LogP contribution in [0.3, 0.4) is 0 Å². The number of rotatable bonds is 6. The van der Waals surface area contributed by atoms with E-state index < -0.39 is 41.1 Å². The summed E-state index contributed by atoms with van der Waals surface area (Å²) in [5.41, 5.74) is -1.41. The number of imidazole rings is 1. The third kappa shape index (κ3) is 3.44. The minimum Gasteiger partial charge on any atom is -0.394 e. The number of fused-ring (bicyclic) bond motifs is 1. The van der Waals surface area contributed by atoms with Crippen molar-refractivity contribution >= 4 is 16.9 Å². The van der Waals surface area contributed by atoms with E-state index in [1.807, 2.05) is 4.98 Å². The molecule has 3 atom stereocenters. The van der Waals surface area contributed by atoms with Gasteiger partial charge in [0, 0.05) is 18.6 Å². The van der Waals surface area contributed by atoms with Gasteiger partial charge in [0.05, 0.1) is 24.0 Å². The normalized spacial score (nSPS) is 23.8. The number of hydrogen-bond acceptors (Lipinski definition) is 8. The number of H-pyrrole nitrogens is 1. The zero-order valence-corrected chi connectivity index (χ0v) is 15.6. The highest BCUT2D eigenvalue weighted by atomic mass is 19.1. The van der Waals surface area contributed by atoms with Crippen LogP contribution in [0.2, 0.25) is 0 Å². The van der Waals surface area contributed by atoms with Crippen molar-refractivity contribution < 1.29 is 24.3 Å². The van der Waals surface area contributed by atoms with Crippen LogP contribution in [0.5, 0.6) is 0 Å². The molecule has 0 aliphatic carbocycles. The zero-order valence-electron chi connectivity index (χ0n) is 15.6. The van der Waals surface area contributed by atoms with E-state index in [2.05, 4.69) is 9.97 Å². The number of aromatic amines is 1. The van der Waals surface area contributed by atoms with Crippen LogP contribution in [0.25, 0.3) is 11.2 Å². The molecule has 0 unspecified atom stereocenters. The Morgan fingerprint density at radius 3 is 2.77 bits per heavy atom. The number of nitrogens with one attached hydrogen (secondary N) is 1. The second-order valence-corrected chi connectivity index (χ2v) is 7.12. The molecule has 11 nitrogen and oxygen atoms in total. The second kappa shape index (κ2) is 7.55. The second-order valence-electron chi connectivity index (χ2n) is 7.12. The first kappa shape index (κ1) is 20.1. The van der Waals surface area contributed by atoms with Gasteiger partial charge in [0.1, 0.15) is 6.10 Å². The summed E-state index contributed by atoms with van der Waals surface area (Å²) in [6.07, 6.45) is -1.01. The maximum atomic E-state index is 13.7. The maximum absolute atomic E-state index is 13.7. The topological polar surface area (TPSA) is 156 Å². The Balaban J connectivity index is 1.72. The van der Waals surface area contributed by atoms with Crippen LogP contribution in [0.1, 0.15) is 18.4 Å². The van der Waals surface area contributed by atoms with Crippen molar-refractivity contribution in [1.82, 2.24) is 19.5 Å². The van der Waals surface area contributed by atoms with E-state index in [9.17, 15) is 29.5 Å². The summed E-state index contributed by atoms with van der Waals surface area (Å²) in [7, 11) is 0. The van der Waals surface area contributed by atoms with Gasteiger partial charge in [0.2, 0.25) is 0 Å². The predicted molar refractivity (Wildman–Crippen MR) is 100 cm³/mol. The first-order valence-corrected chi connectivity index (χ1v) is 9.16. The lowest BCUT2D eigenvalue weighted by Gasteiger charge is -2.31. The summed E-state index contributed by atoms with van der Waals surface area (Å²) in [6, 6.07) is 5.97. The maximum Gasteiger partial charge on any atom is 0.291 e. The van der Waals surface area contributed by atoms with Gasteiger partial charge in [-0.25, -0.2) is 4.98 Å². The van der Waals surface area contributed by atoms with Crippen molar-refractivity contribution in [2.24, 2.45) is 0 Å². The van der Waals surface area contributed by atoms with E-state index in [0.29, 0.717) is 6.42 Å². The van der Waals surface area contributed by atoms with E-state index in [1.165, 1.54) is 23.0 Å². The molecule has 30 heavy (non-hydrogen) atoms. The molecule has 3 aromatic rings. The number of aryl methyl sites for hydroxylation is 1. The fourth-order valence-electron chi connectivity index (χ4n) is 3.77. The lowest BCUT2D eigenvalue weighted by Crippen LogP contribution is -2.35. The minimum atomic E-state index is -1.25. The summed E-state index contributed by atoms with van der Waals surface area (Å²) < 4.78 is 21.1. The molecule has 0 radical (unpaired) electrons. The minimum absolute atomic E-state index is 0.0409. The summed E-state index contributed by atoms with van der Waals surface area (Å²) >= 11 is 0. The molecule has 0 amide bonds. The first-order chi connectivity index (χ1) is 14.3. The van der Waals surface area contributed by atoms with E-state index in [1.54, 1.807) is 12.1 Å². The molecule has 1 aliphatic heterocycles. The van der Waals surface area contributed by atoms with Gasteiger partial charge in [0.15, 0.2) is 16.9 Å². The molecule has 3 heterocycles. The van der Waals surface area contributed by atoms with E-state index >= 15 is 0 Å². The van der Waals surface area contributed by atoms with Crippen LogP contribution in [-0.4, -0.2) is 53.5 Å². The fraction of sp³-hybridized carbons (Fsp3) is 0.389. The van der Waals surface area contributed by atoms with Crippen LogP contribution in [0.4, 0.5) is 10.1 Å². The molecule has 12 heteroatoms. The number of benzene rings is 1. The molecule has 158 valence electrons. The molecule has 1 aromatic carbocycles. The molecular weight excluding hydrogens is 401 g/mol. The number of non-ortho nitro benzene ring substituents is 1. The van der Waals surface area contributed by atoms with Gasteiger partial charge in [-0.3, -0.25) is 24.5 Å². The van der Waals surface area contributed by atoms with Crippen molar-refractivity contribution in [3.05, 3.63) is 62.7 Å². The molecule has 0 bridgehead atoms. The number of halogens is 1. The Bertz CT molecular complexity index is 1150. The lowest BCUT2D eigenvalue weighted by molar-refractivity contribution is -0.384. The molecule has 2 aromatic heterocycles. The standard InChI is InChI=1S/C18H18FN5O6/c19-17-21-15-14(16(27)22-17)20-9-23(15)18(7-12(26)13(8-25)30-18)6-5-10-1-3-11(4-2-10)24(28)29/h1-4,9,12-13,25-26H,5-8H2,(H,21,22,27)/t12-,13+,18+/m0/s1. The van der Waals surface area contributed by atoms with Gasteiger partial charge in [0.25, 0.3) is 17.3 Å². The van der Waals surface area contributed by atoms with Gasteiger partial charge < -0.3 is 14.9 Å². The first-order valence-electron chi connectivity index (χ1n) is 9.16. The Kier molecular flexibility index (Phi) is 5.05. The van der Waals surface area contributed by atoms with Crippen molar-refractivity contribution in [3.8, 4) is 0 Å². The third-order valence-electron chi connectivity index (χ3n) is 5.28. The van der Waals surface area contributed by atoms with Crippen LogP contribution in [0.15, 0.2) is 35.4 Å². The molecule has 1 fully saturated rings. The Morgan fingerprint density at radius 1 is 1.40 bits per heavy atom. The quantitative estimate of drug-likeness (QED) is 0.298. The lowest BCUT2D eigenvalue weighted by atomic mass is 9.97. The molecule has 1 aliphatic rings. The molecule has 4 rings (SSSR count). The van der Waals surface area contributed by atoms with Crippen LogP contribution >= 0.6 is 0 Å². The average Bonchev–Trinajstić information content (AvgIpc) is 3.28. The monoisotopic (exact) mass is 419 g/mol. The highest BCUT2D eigenvalue weighted by molar-refractivity contribution is 5.69. The number of aliphatic hydroxyl groups excluding tert-OH is 2. The number of aliphatic hydroxyl groups is 2. The van der Waals surface area contributed by atoms with Crippen LogP contribution in [-0.2, 0) is 16.9 Å². The molecular formula is C18H18FN5O6. The number of nitro groups is 1. The van der Waals surface area contributed by atoms with Gasteiger partial charge in [-0.2, -0.15) is 9.37 Å². The van der Waals surface area contributed by atoms with E-state index in [4.69, 9.17) is 4.74 Å². The Labute approximate surface area is 167 Å². The van der Waals surface area contributed by atoms with Crippen molar-refractivity contribution in [2.45, 2.75) is 37.2 Å². The number of ether oxygens (including phenoxy) is 1. The number of aromatic nitrogens is 4. The summed E-state index contributed by atoms with van der Waals surface area (Å²) in [6.45, 7) is -0.435. The smallest absolute Gasteiger partial charge is 0.291 e. The SMILES string of the molecule is O=c1[nH]c(F)nc2c1ncn2[C@@]1(CCc2ccc([N+](=O)[O-])cc2)C[C@H](O)[C@@H](CO)O1. The highest BCUT2D eigenvalue weighted by Gasteiger charge is 2.47. The zero-order chi connectivity index (χ0) is 21.5. The molecule has 0 spiro atoms. The van der Waals surface area contributed by atoms with Crippen LogP contribution < -0.4 is 5.56 Å². The average molecular weight is 419 g/mol. The van der Waals surface area contributed by atoms with Gasteiger partial charge >= 0.3 is 0 Å². The fourth-order valence-corrected chi connectivity index (χ4v) is 3.77. The summed E-state index contributed by atoms with van der Waals surface area (Å²) in [5, 5.41) is 30.7. The number of hydrogen-bond donors (Lipinski definition) is 3. The largest absolute Gasteiger partial charge is 0.394 e. The van der Waals surface area contributed by atoms with Crippen LogP contribution in [0, 0.1) is 16.2 Å². The van der Waals surface area contributed by atoms with Gasteiger partial charge in [-0.15, -0.1) is 0 Å². The van der Waals surface area contributed by atoms with Crippen molar-refractivity contribution in [1.29, 1.82) is 0 Å². The van der Waals surface area contributed by atoms with Crippen molar-refractivity contribution in [3.63, 3.8) is 0 Å². The van der Waals surface area contributed by atoms with E-state index in [-0.39, 0.29) is 29.7 Å². The highest BCUT2D eigenvalue weighted by Crippen LogP contribution is 2.40. The Hall–Kier alpha value is -3.22. The number of nitro benzene ring substituents is 1. The summed E-state index contributed by atoms with van der Waals surface area (Å²) in [5.74, 6) is 0. The van der Waals surface area contributed by atoms with Crippen molar-refractivity contribution in [2.75, 3.05) is 6.61 Å².